The monoisotopic (exact) mass is 412 g/mol. The molecule has 4 heterocycles. The number of aromatic nitrogens is 2. The first-order chi connectivity index (χ1) is 15.8. The number of hydrogen-bond acceptors (Lipinski definition) is 4. The zero-order valence-corrected chi connectivity index (χ0v) is 16.9. The lowest BCUT2D eigenvalue weighted by atomic mass is 9.77. The van der Waals surface area contributed by atoms with Crippen LogP contribution in [-0.2, 0) is 5.60 Å². The lowest BCUT2D eigenvalue weighted by Crippen LogP contribution is -2.40. The van der Waals surface area contributed by atoms with E-state index in [1.807, 2.05) is 48.8 Å². The lowest BCUT2D eigenvalue weighted by molar-refractivity contribution is 0.0240. The maximum Gasteiger partial charge on any atom is 0.201 e. The van der Waals surface area contributed by atoms with Crippen LogP contribution in [0.25, 0.3) is 33.5 Å². The predicted octanol–water partition coefficient (Wildman–Crippen LogP) is 6.06. The summed E-state index contributed by atoms with van der Waals surface area (Å²) in [5.74, 6) is 1.72. The molecule has 0 N–H and O–H groups in total. The molecule has 3 aliphatic rings. The van der Waals surface area contributed by atoms with Gasteiger partial charge in [-0.25, -0.2) is 0 Å². The van der Waals surface area contributed by atoms with Crippen molar-refractivity contribution in [1.29, 1.82) is 0 Å². The highest BCUT2D eigenvalue weighted by molar-refractivity contribution is 6.06. The maximum absolute atomic E-state index is 6.92. The van der Waals surface area contributed by atoms with E-state index in [0.29, 0.717) is 0 Å². The molecule has 1 spiro atoms. The molecule has 4 heteroatoms. The zero-order chi connectivity index (χ0) is 20.9. The minimum Gasteiger partial charge on any atom is -0.480 e. The van der Waals surface area contributed by atoms with Gasteiger partial charge in [-0.3, -0.25) is 9.97 Å². The Hall–Kier alpha value is -4.18. The van der Waals surface area contributed by atoms with Crippen molar-refractivity contribution in [2.24, 2.45) is 0 Å². The third kappa shape index (κ3) is 1.81. The van der Waals surface area contributed by atoms with Crippen molar-refractivity contribution in [2.45, 2.75) is 11.7 Å². The quantitative estimate of drug-likeness (QED) is 0.310. The summed E-state index contributed by atoms with van der Waals surface area (Å²) < 4.78 is 13.8. The molecule has 0 saturated carbocycles. The van der Waals surface area contributed by atoms with Gasteiger partial charge in [-0.05, 0) is 48.0 Å². The van der Waals surface area contributed by atoms with Crippen LogP contribution in [0, 0.1) is 0 Å². The summed E-state index contributed by atoms with van der Waals surface area (Å²) in [6, 6.07) is 24.8. The van der Waals surface area contributed by atoms with Gasteiger partial charge in [-0.2, -0.15) is 0 Å². The van der Waals surface area contributed by atoms with Crippen molar-refractivity contribution < 1.29 is 9.47 Å². The van der Waals surface area contributed by atoms with Crippen LogP contribution in [0.15, 0.2) is 85.2 Å². The number of fused-ring (bicyclic) bond motifs is 9. The molecule has 0 fully saturated rings. The van der Waals surface area contributed by atoms with E-state index in [0.717, 1.165) is 55.6 Å². The summed E-state index contributed by atoms with van der Waals surface area (Å²) in [7, 11) is 0. The molecule has 0 unspecified atom stereocenters. The van der Waals surface area contributed by atoms with Crippen LogP contribution in [0.1, 0.15) is 28.4 Å². The summed E-state index contributed by atoms with van der Waals surface area (Å²) in [6.45, 7) is 0. The van der Waals surface area contributed by atoms with E-state index >= 15 is 0 Å². The molecule has 2 aliphatic heterocycles. The summed E-state index contributed by atoms with van der Waals surface area (Å²) in [5, 5.41) is 2.15. The highest BCUT2D eigenvalue weighted by Crippen LogP contribution is 2.65. The van der Waals surface area contributed by atoms with E-state index in [9.17, 15) is 0 Å². The molecule has 3 aromatic carbocycles. The van der Waals surface area contributed by atoms with Crippen molar-refractivity contribution in [2.75, 3.05) is 0 Å². The summed E-state index contributed by atoms with van der Waals surface area (Å²) in [6.07, 6.45) is 5.62. The zero-order valence-electron chi connectivity index (χ0n) is 16.9. The van der Waals surface area contributed by atoms with E-state index in [-0.39, 0.29) is 6.10 Å². The summed E-state index contributed by atoms with van der Waals surface area (Å²) in [4.78, 5) is 9.16. The van der Waals surface area contributed by atoms with Crippen molar-refractivity contribution in [3.63, 3.8) is 0 Å². The van der Waals surface area contributed by atoms with Crippen molar-refractivity contribution >= 4 is 33.5 Å². The normalized spacial score (nSPS) is 21.6. The Morgan fingerprint density at radius 2 is 1.47 bits per heavy atom. The highest BCUT2D eigenvalue weighted by Gasteiger charge is 2.61. The minimum absolute atomic E-state index is 0.304. The average molecular weight is 412 g/mol. The van der Waals surface area contributed by atoms with Gasteiger partial charge in [-0.1, -0.05) is 36.4 Å². The number of ether oxygens (including phenoxy) is 2. The number of pyridine rings is 2. The van der Waals surface area contributed by atoms with Gasteiger partial charge in [0.25, 0.3) is 0 Å². The molecule has 4 nitrogen and oxygen atoms in total. The maximum atomic E-state index is 6.92. The van der Waals surface area contributed by atoms with Crippen molar-refractivity contribution in [1.82, 2.24) is 9.97 Å². The van der Waals surface area contributed by atoms with E-state index < -0.39 is 5.60 Å². The molecule has 0 radical (unpaired) electrons. The summed E-state index contributed by atoms with van der Waals surface area (Å²) >= 11 is 0. The van der Waals surface area contributed by atoms with Gasteiger partial charge in [0.1, 0.15) is 11.5 Å². The van der Waals surface area contributed by atoms with Gasteiger partial charge >= 0.3 is 0 Å². The summed E-state index contributed by atoms with van der Waals surface area (Å²) in [5.41, 5.74) is 6.73. The first-order valence-electron chi connectivity index (χ1n) is 10.8. The van der Waals surface area contributed by atoms with Gasteiger partial charge in [0.2, 0.25) is 5.60 Å². The number of benzene rings is 3. The fourth-order valence-corrected chi connectivity index (χ4v) is 5.74. The Balaban J connectivity index is 1.51. The van der Waals surface area contributed by atoms with Crippen LogP contribution in [0.4, 0.5) is 0 Å². The number of nitrogens with zero attached hydrogens (tertiary/aromatic N) is 2. The van der Waals surface area contributed by atoms with Gasteiger partial charge in [-0.15, -0.1) is 0 Å². The fourth-order valence-electron chi connectivity index (χ4n) is 5.74. The average Bonchev–Trinajstić information content (AvgIpc) is 3.36. The van der Waals surface area contributed by atoms with Gasteiger partial charge in [0.15, 0.2) is 6.10 Å². The van der Waals surface area contributed by atoms with Crippen molar-refractivity contribution in [3.8, 4) is 11.5 Å². The second-order valence-corrected chi connectivity index (χ2v) is 8.54. The Labute approximate surface area is 183 Å². The fraction of sp³-hybridized carbons (Fsp3) is 0.0714. The van der Waals surface area contributed by atoms with E-state index in [1.165, 1.54) is 5.56 Å². The van der Waals surface area contributed by atoms with Crippen LogP contribution >= 0.6 is 0 Å². The van der Waals surface area contributed by atoms with Gasteiger partial charge < -0.3 is 9.47 Å². The topological polar surface area (TPSA) is 44.2 Å². The van der Waals surface area contributed by atoms with Gasteiger partial charge in [0, 0.05) is 45.4 Å². The van der Waals surface area contributed by atoms with E-state index in [2.05, 4.69) is 52.4 Å². The van der Waals surface area contributed by atoms with Crippen molar-refractivity contribution in [3.05, 3.63) is 107 Å². The molecule has 2 atom stereocenters. The Morgan fingerprint density at radius 3 is 2.34 bits per heavy atom. The first kappa shape index (κ1) is 16.5. The van der Waals surface area contributed by atoms with Crippen LogP contribution in [0.3, 0.4) is 0 Å². The second-order valence-electron chi connectivity index (χ2n) is 8.54. The Morgan fingerprint density at radius 1 is 0.719 bits per heavy atom. The molecule has 2 aromatic heterocycles. The first-order valence-corrected chi connectivity index (χ1v) is 10.8. The third-order valence-corrected chi connectivity index (χ3v) is 7.01. The van der Waals surface area contributed by atoms with E-state index in [4.69, 9.17) is 9.47 Å². The number of rotatable bonds is 0. The standard InChI is InChI=1S/C28H16N2O2/c1-2-8-19-16(5-1)15-20-25-17-6-3-13-29-21(17)9-11-23(25)31-27-26-18-7-4-14-30-22(18)10-12-24(26)32-28(19,20)27/h1-15,27H/t27-,28-/m1/s1. The van der Waals surface area contributed by atoms with E-state index in [1.54, 1.807) is 0 Å². The molecule has 5 aromatic rings. The van der Waals surface area contributed by atoms with Crippen LogP contribution in [0.2, 0.25) is 0 Å². The molecule has 0 bridgehead atoms. The van der Waals surface area contributed by atoms with Gasteiger partial charge in [0.05, 0.1) is 11.0 Å². The van der Waals surface area contributed by atoms with Crippen LogP contribution < -0.4 is 9.47 Å². The second kappa shape index (κ2) is 5.54. The molecule has 150 valence electrons. The number of hydrogen-bond donors (Lipinski definition) is 0. The highest BCUT2D eigenvalue weighted by atomic mass is 16.6. The van der Waals surface area contributed by atoms with Crippen LogP contribution in [0.5, 0.6) is 11.5 Å². The minimum atomic E-state index is -0.736. The Kier molecular flexibility index (Phi) is 2.86. The smallest absolute Gasteiger partial charge is 0.201 e. The molecule has 1 aliphatic carbocycles. The molecule has 0 saturated heterocycles. The molecule has 0 amide bonds. The molecular formula is C28H16N2O2. The Bertz CT molecular complexity index is 1650. The largest absolute Gasteiger partial charge is 0.480 e. The molecule has 8 rings (SSSR count). The predicted molar refractivity (Wildman–Crippen MR) is 123 cm³/mol. The molecule has 32 heavy (non-hydrogen) atoms. The van der Waals surface area contributed by atoms with Crippen LogP contribution in [-0.4, -0.2) is 9.97 Å². The molecular weight excluding hydrogens is 396 g/mol. The SMILES string of the molecule is C1=C2c3c(ccc4ncccc34)O[C@@H]3c4c(ccc5ncccc45)O[C@]23c2ccccc21. The lowest BCUT2D eigenvalue weighted by Gasteiger charge is -2.39. The third-order valence-electron chi connectivity index (χ3n) is 7.01.